The van der Waals surface area contributed by atoms with E-state index in [4.69, 9.17) is 5.73 Å². The highest BCUT2D eigenvalue weighted by Gasteiger charge is 2.42. The van der Waals surface area contributed by atoms with Crippen molar-refractivity contribution in [3.8, 4) is 6.07 Å². The molecule has 164 valence electrons. The van der Waals surface area contributed by atoms with Gasteiger partial charge in [-0.2, -0.15) is 18.4 Å². The number of rotatable bonds is 2. The second-order valence-electron chi connectivity index (χ2n) is 7.51. The molecule has 2 aliphatic rings. The average molecular weight is 445 g/mol. The summed E-state index contributed by atoms with van der Waals surface area (Å²) in [6.45, 7) is 0. The third kappa shape index (κ3) is 3.42. The van der Waals surface area contributed by atoms with Gasteiger partial charge >= 0.3 is 6.18 Å². The van der Waals surface area contributed by atoms with E-state index in [1.54, 1.807) is 0 Å². The fourth-order valence-electron chi connectivity index (χ4n) is 4.24. The number of nitrogens with two attached hydrogens (primary N) is 1. The summed E-state index contributed by atoms with van der Waals surface area (Å²) in [6, 6.07) is 9.22. The fraction of sp³-hybridized carbons (Fsp3) is 0.217. The number of hydrogen-bond acceptors (Lipinski definition) is 4. The number of alkyl halides is 3. The van der Waals surface area contributed by atoms with Crippen molar-refractivity contribution < 1.29 is 26.7 Å². The third-order valence-corrected chi connectivity index (χ3v) is 5.65. The third-order valence-electron chi connectivity index (χ3n) is 5.65. The summed E-state index contributed by atoms with van der Waals surface area (Å²) in [5, 5.41) is 9.84. The molecule has 0 bridgehead atoms. The van der Waals surface area contributed by atoms with Crippen molar-refractivity contribution in [2.24, 2.45) is 5.73 Å². The number of carbonyl (C=O) groups excluding carboxylic acids is 1. The highest BCUT2D eigenvalue weighted by molar-refractivity contribution is 6.01. The van der Waals surface area contributed by atoms with Crippen LogP contribution in [-0.2, 0) is 11.0 Å². The van der Waals surface area contributed by atoms with Gasteiger partial charge < -0.3 is 5.73 Å². The van der Waals surface area contributed by atoms with E-state index < -0.39 is 35.0 Å². The molecule has 0 saturated carbocycles. The monoisotopic (exact) mass is 445 g/mol. The maximum Gasteiger partial charge on any atom is 0.416 e. The van der Waals surface area contributed by atoms with Crippen LogP contribution >= 0.6 is 0 Å². The molecule has 1 aliphatic carbocycles. The molecule has 2 aromatic carbocycles. The lowest BCUT2D eigenvalue weighted by atomic mass is 9.75. The van der Waals surface area contributed by atoms with Gasteiger partial charge in [0.1, 0.15) is 23.1 Å². The lowest BCUT2D eigenvalue weighted by Crippen LogP contribution is -2.39. The van der Waals surface area contributed by atoms with E-state index in [-0.39, 0.29) is 46.9 Å². The first-order valence-electron chi connectivity index (χ1n) is 9.72. The molecule has 0 saturated heterocycles. The van der Waals surface area contributed by atoms with Gasteiger partial charge in [0.2, 0.25) is 0 Å². The number of anilines is 1. The topological polar surface area (TPSA) is 70.1 Å². The molecule has 32 heavy (non-hydrogen) atoms. The van der Waals surface area contributed by atoms with Crippen LogP contribution in [0.4, 0.5) is 27.6 Å². The van der Waals surface area contributed by atoms with E-state index in [2.05, 4.69) is 0 Å². The number of allylic oxidation sites excluding steroid dienone is 3. The largest absolute Gasteiger partial charge is 0.416 e. The van der Waals surface area contributed by atoms with Crippen molar-refractivity contribution in [2.75, 3.05) is 4.90 Å². The second-order valence-corrected chi connectivity index (χ2v) is 7.51. The number of nitrogens with zero attached hydrogens (tertiary/aromatic N) is 2. The Bertz CT molecular complexity index is 1190. The molecule has 1 heterocycles. The van der Waals surface area contributed by atoms with Crippen LogP contribution in [0.5, 0.6) is 0 Å². The van der Waals surface area contributed by atoms with Gasteiger partial charge in [-0.25, -0.2) is 8.78 Å². The smallest absolute Gasteiger partial charge is 0.384 e. The van der Waals surface area contributed by atoms with Gasteiger partial charge in [-0.05, 0) is 42.7 Å². The second kappa shape index (κ2) is 7.79. The van der Waals surface area contributed by atoms with Gasteiger partial charge in [0.25, 0.3) is 0 Å². The summed E-state index contributed by atoms with van der Waals surface area (Å²) < 4.78 is 68.2. The van der Waals surface area contributed by atoms with Crippen molar-refractivity contribution in [3.05, 3.63) is 87.9 Å². The summed E-state index contributed by atoms with van der Waals surface area (Å²) in [6.07, 6.45) is -3.75. The predicted octanol–water partition coefficient (Wildman–Crippen LogP) is 5.29. The zero-order valence-corrected chi connectivity index (χ0v) is 16.5. The standard InChI is InChI=1S/C23H16F5N3O/c24-15-3-1-4-16(25)21(15)31-17-5-2-6-18(32)20(17)19(14(11-29)22(31)30)12-7-9-13(10-8-12)23(26,27)28/h1,3-4,7-10,19H,2,5-6,30H2. The average Bonchev–Trinajstić information content (AvgIpc) is 2.74. The highest BCUT2D eigenvalue weighted by atomic mass is 19.4. The molecule has 0 amide bonds. The van der Waals surface area contributed by atoms with Crippen LogP contribution in [0.25, 0.3) is 0 Å². The van der Waals surface area contributed by atoms with Crippen molar-refractivity contribution in [1.82, 2.24) is 0 Å². The molecule has 1 atom stereocenters. The number of carbonyl (C=O) groups is 1. The Labute approximate surface area is 180 Å². The van der Waals surface area contributed by atoms with Crippen LogP contribution in [0, 0.1) is 23.0 Å². The minimum atomic E-state index is -4.55. The summed E-state index contributed by atoms with van der Waals surface area (Å²) >= 11 is 0. The van der Waals surface area contributed by atoms with Crippen molar-refractivity contribution in [3.63, 3.8) is 0 Å². The Morgan fingerprint density at radius 2 is 1.66 bits per heavy atom. The molecular weight excluding hydrogens is 429 g/mol. The SMILES string of the molecule is N#CC1=C(N)N(c2c(F)cccc2F)C2=C(C(=O)CCC2)C1c1ccc(C(F)(F)F)cc1. The van der Waals surface area contributed by atoms with Gasteiger partial charge in [-0.15, -0.1) is 0 Å². The van der Waals surface area contributed by atoms with E-state index in [1.807, 2.05) is 6.07 Å². The molecular formula is C23H16F5N3O. The first-order valence-corrected chi connectivity index (χ1v) is 9.72. The van der Waals surface area contributed by atoms with Gasteiger partial charge in [0.15, 0.2) is 5.78 Å². The van der Waals surface area contributed by atoms with Crippen molar-refractivity contribution in [1.29, 1.82) is 5.26 Å². The van der Waals surface area contributed by atoms with Gasteiger partial charge in [-0.3, -0.25) is 9.69 Å². The first-order chi connectivity index (χ1) is 15.1. The first kappa shape index (κ1) is 21.6. The molecule has 2 N–H and O–H groups in total. The van der Waals surface area contributed by atoms with E-state index in [0.717, 1.165) is 29.2 Å². The lowest BCUT2D eigenvalue weighted by Gasteiger charge is -2.39. The predicted molar refractivity (Wildman–Crippen MR) is 106 cm³/mol. The number of halogens is 5. The van der Waals surface area contributed by atoms with Crippen LogP contribution in [0.3, 0.4) is 0 Å². The minimum Gasteiger partial charge on any atom is -0.384 e. The van der Waals surface area contributed by atoms with Crippen molar-refractivity contribution in [2.45, 2.75) is 31.4 Å². The van der Waals surface area contributed by atoms with E-state index in [9.17, 15) is 32.0 Å². The maximum absolute atomic E-state index is 14.6. The van der Waals surface area contributed by atoms with E-state index >= 15 is 0 Å². The maximum atomic E-state index is 14.6. The number of benzene rings is 2. The molecule has 2 aromatic rings. The molecule has 0 fully saturated rings. The van der Waals surface area contributed by atoms with Gasteiger partial charge in [-0.1, -0.05) is 18.2 Å². The van der Waals surface area contributed by atoms with Gasteiger partial charge in [0.05, 0.1) is 23.1 Å². The molecule has 1 aliphatic heterocycles. The van der Waals surface area contributed by atoms with Crippen LogP contribution < -0.4 is 10.6 Å². The molecule has 9 heteroatoms. The lowest BCUT2D eigenvalue weighted by molar-refractivity contribution is -0.137. The molecule has 1 unspecified atom stereocenters. The highest BCUT2D eigenvalue weighted by Crippen LogP contribution is 2.47. The Hall–Kier alpha value is -3.67. The minimum absolute atomic E-state index is 0.115. The Balaban J connectivity index is 1.95. The number of ketones is 1. The van der Waals surface area contributed by atoms with Crippen LogP contribution in [0.15, 0.2) is 65.1 Å². The Morgan fingerprint density at radius 3 is 2.22 bits per heavy atom. The van der Waals surface area contributed by atoms with Crippen LogP contribution in [0.2, 0.25) is 0 Å². The van der Waals surface area contributed by atoms with E-state index in [0.29, 0.717) is 6.42 Å². The summed E-state index contributed by atoms with van der Waals surface area (Å²) in [4.78, 5) is 14.0. The van der Waals surface area contributed by atoms with E-state index in [1.165, 1.54) is 18.2 Å². The normalized spacial score (nSPS) is 19.2. The Kier molecular flexibility index (Phi) is 5.25. The summed E-state index contributed by atoms with van der Waals surface area (Å²) in [5.41, 5.74) is 5.27. The molecule has 0 aromatic heterocycles. The zero-order chi connectivity index (χ0) is 23.2. The van der Waals surface area contributed by atoms with Crippen LogP contribution in [0.1, 0.15) is 36.3 Å². The quantitative estimate of drug-likeness (QED) is 0.638. The Morgan fingerprint density at radius 1 is 1.03 bits per heavy atom. The number of para-hydroxylation sites is 1. The molecule has 4 rings (SSSR count). The summed E-state index contributed by atoms with van der Waals surface area (Å²) in [7, 11) is 0. The fourth-order valence-corrected chi connectivity index (χ4v) is 4.24. The number of nitriles is 1. The summed E-state index contributed by atoms with van der Waals surface area (Å²) in [5.74, 6) is -3.50. The number of hydrogen-bond donors (Lipinski definition) is 1. The zero-order valence-electron chi connectivity index (χ0n) is 16.5. The van der Waals surface area contributed by atoms with Gasteiger partial charge in [0, 0.05) is 17.7 Å². The molecule has 0 spiro atoms. The molecule has 0 radical (unpaired) electrons. The number of Topliss-reactive ketones (excluding diaryl/α,β-unsaturated/α-hetero) is 1. The molecule has 4 nitrogen and oxygen atoms in total. The van der Waals surface area contributed by atoms with Crippen LogP contribution in [-0.4, -0.2) is 5.78 Å². The van der Waals surface area contributed by atoms with Crippen molar-refractivity contribution >= 4 is 11.5 Å².